The molecule has 0 saturated carbocycles. The van der Waals surface area contributed by atoms with Crippen molar-refractivity contribution < 1.29 is 19.4 Å². The Morgan fingerprint density at radius 3 is 2.52 bits per heavy atom. The Morgan fingerprint density at radius 2 is 1.94 bits per heavy atom. The molecule has 1 unspecified atom stereocenters. The number of carbonyl (C=O) groups excluding carboxylic acids is 1. The van der Waals surface area contributed by atoms with E-state index >= 15 is 0 Å². The molecule has 1 aliphatic heterocycles. The van der Waals surface area contributed by atoms with Crippen LogP contribution in [0.3, 0.4) is 0 Å². The van der Waals surface area contributed by atoms with E-state index in [1.165, 1.54) is 6.33 Å². The smallest absolute Gasteiger partial charge is 0.343 e. The van der Waals surface area contributed by atoms with Crippen molar-refractivity contribution >= 4 is 35.1 Å². The molecule has 0 radical (unpaired) electrons. The van der Waals surface area contributed by atoms with Crippen LogP contribution in [0.25, 0.3) is 0 Å². The predicted octanol–water partition coefficient (Wildman–Crippen LogP) is 1.21. The van der Waals surface area contributed by atoms with Gasteiger partial charge in [-0.3, -0.25) is 4.79 Å². The topological polar surface area (TPSA) is 157 Å². The minimum absolute atomic E-state index is 0.106. The highest BCUT2D eigenvalue weighted by Crippen LogP contribution is 2.28. The molecule has 11 heteroatoms. The number of hydrogen-bond acceptors (Lipinski definition) is 8. The molecular weight excluding hydrogens is 424 g/mol. The van der Waals surface area contributed by atoms with Crippen molar-refractivity contribution in [2.24, 2.45) is 5.73 Å². The summed E-state index contributed by atoms with van der Waals surface area (Å²) in [6.45, 7) is 0.963. The first kappa shape index (κ1) is 22.7. The Balaban J connectivity index is 1.71. The number of nitrogens with two attached hydrogens (primary N) is 2. The average molecular weight is 449 g/mol. The van der Waals surface area contributed by atoms with Gasteiger partial charge in [0.15, 0.2) is 0 Å². The van der Waals surface area contributed by atoms with Crippen molar-refractivity contribution in [1.82, 2.24) is 15.3 Å². The first-order valence-corrected chi connectivity index (χ1v) is 10.1. The van der Waals surface area contributed by atoms with Crippen LogP contribution in [-0.2, 0) is 9.53 Å². The molecule has 1 aromatic heterocycles. The molecule has 166 valence electrons. The number of methoxy groups -OCH3 is 1. The summed E-state index contributed by atoms with van der Waals surface area (Å²) in [5, 5.41) is 13.0. The average Bonchev–Trinajstić information content (AvgIpc) is 2.74. The fourth-order valence-corrected chi connectivity index (χ4v) is 3.69. The normalized spacial score (nSPS) is 16.5. The van der Waals surface area contributed by atoms with Gasteiger partial charge in [-0.2, -0.15) is 0 Å². The number of carbonyl (C=O) groups is 2. The lowest BCUT2D eigenvalue weighted by atomic mass is 9.87. The second kappa shape index (κ2) is 9.46. The van der Waals surface area contributed by atoms with Gasteiger partial charge in [0.05, 0.1) is 18.2 Å². The number of aromatic carboxylic acids is 1. The number of anilines is 2. The molecule has 3 rings (SSSR count). The molecule has 1 saturated heterocycles. The summed E-state index contributed by atoms with van der Waals surface area (Å²) >= 11 is 5.95. The van der Waals surface area contributed by atoms with Gasteiger partial charge in [0.2, 0.25) is 5.91 Å². The number of nitrogen functional groups attached to an aromatic ring is 1. The number of halogens is 1. The molecule has 1 aliphatic rings. The fourth-order valence-electron chi connectivity index (χ4n) is 3.56. The zero-order chi connectivity index (χ0) is 22.6. The van der Waals surface area contributed by atoms with E-state index in [1.54, 1.807) is 24.1 Å². The summed E-state index contributed by atoms with van der Waals surface area (Å²) in [4.78, 5) is 34.2. The van der Waals surface area contributed by atoms with Crippen LogP contribution in [0, 0.1) is 0 Å². The summed E-state index contributed by atoms with van der Waals surface area (Å²) in [7, 11) is 1.55. The summed E-state index contributed by atoms with van der Waals surface area (Å²) in [5.74, 6) is -1.39. The molecule has 0 spiro atoms. The van der Waals surface area contributed by atoms with Crippen molar-refractivity contribution in [3.8, 4) is 0 Å². The number of amides is 1. The molecule has 2 heterocycles. The number of ether oxygens (including phenoxy) is 1. The van der Waals surface area contributed by atoms with Gasteiger partial charge in [0.1, 0.15) is 23.5 Å². The molecule has 31 heavy (non-hydrogen) atoms. The largest absolute Gasteiger partial charge is 0.477 e. The van der Waals surface area contributed by atoms with E-state index in [0.717, 1.165) is 5.56 Å². The zero-order valence-corrected chi connectivity index (χ0v) is 17.8. The van der Waals surface area contributed by atoms with Crippen LogP contribution < -0.4 is 21.7 Å². The third kappa shape index (κ3) is 5.04. The summed E-state index contributed by atoms with van der Waals surface area (Å²) in [6.07, 6.45) is 1.83. The van der Waals surface area contributed by atoms with Gasteiger partial charge in [-0.25, -0.2) is 14.8 Å². The minimum atomic E-state index is -1.21. The van der Waals surface area contributed by atoms with E-state index in [9.17, 15) is 14.7 Å². The van der Waals surface area contributed by atoms with E-state index in [0.29, 0.717) is 31.0 Å². The SMILES string of the molecule is COCC(NC(=O)C1(N)CCN(c2ncnc(N)c2C(=O)O)CC1)c1ccc(Cl)cc1. The quantitative estimate of drug-likeness (QED) is 0.488. The lowest BCUT2D eigenvalue weighted by Crippen LogP contribution is -2.60. The van der Waals surface area contributed by atoms with Gasteiger partial charge < -0.3 is 31.5 Å². The van der Waals surface area contributed by atoms with Gasteiger partial charge in [-0.05, 0) is 30.5 Å². The lowest BCUT2D eigenvalue weighted by Gasteiger charge is -2.39. The second-order valence-electron chi connectivity index (χ2n) is 7.44. The highest BCUT2D eigenvalue weighted by molar-refractivity contribution is 6.30. The Hall–Kier alpha value is -2.95. The van der Waals surface area contributed by atoms with Crippen molar-refractivity contribution in [3.05, 3.63) is 46.7 Å². The molecule has 1 fully saturated rings. The molecule has 10 nitrogen and oxygen atoms in total. The van der Waals surface area contributed by atoms with Gasteiger partial charge in [0, 0.05) is 25.2 Å². The van der Waals surface area contributed by atoms with Gasteiger partial charge >= 0.3 is 5.97 Å². The van der Waals surface area contributed by atoms with E-state index in [2.05, 4.69) is 15.3 Å². The van der Waals surface area contributed by atoms with Crippen LogP contribution in [0.1, 0.15) is 34.8 Å². The highest BCUT2D eigenvalue weighted by atomic mass is 35.5. The maximum absolute atomic E-state index is 13.0. The van der Waals surface area contributed by atoms with Crippen molar-refractivity contribution in [2.45, 2.75) is 24.4 Å². The lowest BCUT2D eigenvalue weighted by molar-refractivity contribution is -0.128. The Labute approximate surface area is 184 Å². The van der Waals surface area contributed by atoms with Gasteiger partial charge in [0.25, 0.3) is 0 Å². The number of carboxylic acid groups (broad SMARTS) is 1. The molecule has 1 aromatic carbocycles. The van der Waals surface area contributed by atoms with Crippen LogP contribution >= 0.6 is 11.6 Å². The van der Waals surface area contributed by atoms with E-state index in [1.807, 2.05) is 12.1 Å². The minimum Gasteiger partial charge on any atom is -0.477 e. The van der Waals surface area contributed by atoms with Crippen LogP contribution in [0.2, 0.25) is 5.02 Å². The number of nitrogens with one attached hydrogen (secondary N) is 1. The van der Waals surface area contributed by atoms with Gasteiger partial charge in [-0.1, -0.05) is 23.7 Å². The zero-order valence-electron chi connectivity index (χ0n) is 17.0. The van der Waals surface area contributed by atoms with Crippen molar-refractivity contribution in [3.63, 3.8) is 0 Å². The first-order valence-electron chi connectivity index (χ1n) is 9.68. The Kier molecular flexibility index (Phi) is 6.94. The molecule has 1 amide bonds. The number of piperidine rings is 1. The number of hydrogen-bond donors (Lipinski definition) is 4. The molecule has 0 aliphatic carbocycles. The molecule has 2 aromatic rings. The third-order valence-electron chi connectivity index (χ3n) is 5.39. The molecule has 1 atom stereocenters. The van der Waals surface area contributed by atoms with Crippen LogP contribution in [0.15, 0.2) is 30.6 Å². The number of benzene rings is 1. The Bertz CT molecular complexity index is 947. The maximum atomic E-state index is 13.0. The highest BCUT2D eigenvalue weighted by Gasteiger charge is 2.39. The summed E-state index contributed by atoms with van der Waals surface area (Å²) in [5.41, 5.74) is 11.7. The maximum Gasteiger partial charge on any atom is 0.343 e. The van der Waals surface area contributed by atoms with E-state index < -0.39 is 11.5 Å². The second-order valence-corrected chi connectivity index (χ2v) is 7.88. The number of rotatable bonds is 7. The fraction of sp³-hybridized carbons (Fsp3) is 0.400. The molecular formula is C20H25ClN6O4. The Morgan fingerprint density at radius 1 is 1.29 bits per heavy atom. The molecule has 0 bridgehead atoms. The van der Waals surface area contributed by atoms with E-state index in [4.69, 9.17) is 27.8 Å². The third-order valence-corrected chi connectivity index (χ3v) is 5.64. The van der Waals surface area contributed by atoms with Crippen LogP contribution in [-0.4, -0.2) is 59.3 Å². The van der Waals surface area contributed by atoms with Crippen molar-refractivity contribution in [1.29, 1.82) is 0 Å². The predicted molar refractivity (Wildman–Crippen MR) is 116 cm³/mol. The van der Waals surface area contributed by atoms with Gasteiger partial charge in [-0.15, -0.1) is 0 Å². The molecule has 6 N–H and O–H groups in total. The van der Waals surface area contributed by atoms with Crippen LogP contribution in [0.4, 0.5) is 11.6 Å². The van der Waals surface area contributed by atoms with E-state index in [-0.39, 0.29) is 35.8 Å². The monoisotopic (exact) mass is 448 g/mol. The number of nitrogens with zero attached hydrogens (tertiary/aromatic N) is 3. The summed E-state index contributed by atoms with van der Waals surface area (Å²) < 4.78 is 5.25. The summed E-state index contributed by atoms with van der Waals surface area (Å²) in [6, 6.07) is 6.76. The first-order chi connectivity index (χ1) is 14.7. The van der Waals surface area contributed by atoms with Crippen LogP contribution in [0.5, 0.6) is 0 Å². The number of aromatic nitrogens is 2. The standard InChI is InChI=1S/C20H25ClN6O4/c1-31-10-14(12-2-4-13(21)5-3-12)26-19(30)20(23)6-8-27(9-7-20)17-15(18(28)29)16(22)24-11-25-17/h2-5,11,14H,6-10,23H2,1H3,(H,26,30)(H,28,29)(H2,22,24,25). The van der Waals surface area contributed by atoms with Crippen molar-refractivity contribution in [2.75, 3.05) is 37.4 Å². The number of carboxylic acids is 1.